The molecule has 1 aliphatic heterocycles. The van der Waals surface area contributed by atoms with Crippen LogP contribution in [0.15, 0.2) is 36.4 Å². The molecule has 1 aromatic carbocycles. The molecule has 0 unspecified atom stereocenters. The van der Waals surface area contributed by atoms with E-state index in [4.69, 9.17) is 0 Å². The Morgan fingerprint density at radius 2 is 1.83 bits per heavy atom. The normalized spacial score (nSPS) is 14.4. The highest BCUT2D eigenvalue weighted by atomic mass is 19.1. The molecular weight excluding hydrogens is 313 g/mol. The second-order valence-electron chi connectivity index (χ2n) is 5.34. The van der Waals surface area contributed by atoms with Crippen LogP contribution in [-0.2, 0) is 4.79 Å². The van der Waals surface area contributed by atoms with Crippen molar-refractivity contribution in [3.8, 4) is 0 Å². The van der Waals surface area contributed by atoms with Crippen molar-refractivity contribution in [1.82, 2.24) is 15.1 Å². The van der Waals surface area contributed by atoms with Crippen LogP contribution in [0.3, 0.4) is 0 Å². The highest BCUT2D eigenvalue weighted by Crippen LogP contribution is 2.15. The number of carbonyl (C=O) groups is 2. The first-order chi connectivity index (χ1) is 11.7. The second kappa shape index (κ2) is 7.03. The molecule has 0 atom stereocenters. The third kappa shape index (κ3) is 3.48. The molecule has 1 aromatic heterocycles. The Morgan fingerprint density at radius 3 is 2.46 bits per heavy atom. The van der Waals surface area contributed by atoms with Crippen molar-refractivity contribution in [1.29, 1.82) is 0 Å². The van der Waals surface area contributed by atoms with E-state index in [1.54, 1.807) is 23.1 Å². The first-order valence-electron chi connectivity index (χ1n) is 7.51. The molecule has 8 heteroatoms. The third-order valence-electron chi connectivity index (χ3n) is 3.80. The molecule has 1 saturated heterocycles. The van der Waals surface area contributed by atoms with Crippen LogP contribution in [0, 0.1) is 5.82 Å². The molecule has 2 aromatic rings. The topological polar surface area (TPSA) is 78.4 Å². The fourth-order valence-electron chi connectivity index (χ4n) is 2.45. The summed E-state index contributed by atoms with van der Waals surface area (Å²) in [5.41, 5.74) is -0.0478. The number of halogens is 1. The van der Waals surface area contributed by atoms with E-state index < -0.39 is 11.7 Å². The van der Waals surface area contributed by atoms with Crippen molar-refractivity contribution in [2.24, 2.45) is 0 Å². The molecule has 0 bridgehead atoms. The molecule has 3 rings (SSSR count). The molecule has 0 saturated carbocycles. The smallest absolute Gasteiger partial charge is 0.259 e. The number of piperazine rings is 1. The zero-order valence-corrected chi connectivity index (χ0v) is 12.9. The molecule has 0 spiro atoms. The van der Waals surface area contributed by atoms with E-state index in [9.17, 15) is 14.0 Å². The zero-order chi connectivity index (χ0) is 16.9. The van der Waals surface area contributed by atoms with Gasteiger partial charge in [0.15, 0.2) is 11.6 Å². The van der Waals surface area contributed by atoms with Crippen LogP contribution in [0.5, 0.6) is 0 Å². The minimum atomic E-state index is -0.590. The van der Waals surface area contributed by atoms with Crippen molar-refractivity contribution in [3.05, 3.63) is 47.8 Å². The lowest BCUT2D eigenvalue weighted by Crippen LogP contribution is -2.46. The summed E-state index contributed by atoms with van der Waals surface area (Å²) in [6.45, 7) is 2.62. The van der Waals surface area contributed by atoms with E-state index in [0.717, 1.165) is 6.41 Å². The molecule has 1 N–H and O–H groups in total. The number of amides is 2. The zero-order valence-electron chi connectivity index (χ0n) is 12.9. The fraction of sp³-hybridized carbons (Fsp3) is 0.250. The van der Waals surface area contributed by atoms with Gasteiger partial charge in [-0.2, -0.15) is 0 Å². The van der Waals surface area contributed by atoms with Gasteiger partial charge >= 0.3 is 0 Å². The van der Waals surface area contributed by atoms with Crippen LogP contribution in [0.4, 0.5) is 16.0 Å². The Kier molecular flexibility index (Phi) is 4.64. The third-order valence-corrected chi connectivity index (χ3v) is 3.80. The number of nitrogens with one attached hydrogen (secondary N) is 1. The standard InChI is InChI=1S/C16H16FN5O2/c17-13-4-2-1-3-12(13)16(24)18-14-5-6-15(20-19-14)22-9-7-21(11-23)8-10-22/h1-6,11H,7-10H2,(H,18,19,24). The molecule has 2 amide bonds. The Morgan fingerprint density at radius 1 is 1.08 bits per heavy atom. The van der Waals surface area contributed by atoms with Gasteiger partial charge in [-0.25, -0.2) is 4.39 Å². The van der Waals surface area contributed by atoms with Crippen LogP contribution in [0.25, 0.3) is 0 Å². The van der Waals surface area contributed by atoms with Gasteiger partial charge in [0.05, 0.1) is 5.56 Å². The molecular formula is C16H16FN5O2. The summed E-state index contributed by atoms with van der Waals surface area (Å²) in [7, 11) is 0. The van der Waals surface area contributed by atoms with E-state index >= 15 is 0 Å². The molecule has 1 fully saturated rings. The average Bonchev–Trinajstić information content (AvgIpc) is 2.63. The Bertz CT molecular complexity index is 730. The van der Waals surface area contributed by atoms with E-state index in [1.165, 1.54) is 18.2 Å². The molecule has 0 radical (unpaired) electrons. The highest BCUT2D eigenvalue weighted by Gasteiger charge is 2.17. The van der Waals surface area contributed by atoms with E-state index in [0.29, 0.717) is 32.0 Å². The van der Waals surface area contributed by atoms with Crippen molar-refractivity contribution < 1.29 is 14.0 Å². The van der Waals surface area contributed by atoms with Gasteiger partial charge in [0, 0.05) is 26.2 Å². The van der Waals surface area contributed by atoms with E-state index in [-0.39, 0.29) is 11.4 Å². The Balaban J connectivity index is 1.64. The lowest BCUT2D eigenvalue weighted by Gasteiger charge is -2.32. The van der Waals surface area contributed by atoms with Gasteiger partial charge in [-0.3, -0.25) is 9.59 Å². The van der Waals surface area contributed by atoms with Gasteiger partial charge in [-0.1, -0.05) is 12.1 Å². The Hall–Kier alpha value is -3.03. The van der Waals surface area contributed by atoms with Gasteiger partial charge in [-0.15, -0.1) is 10.2 Å². The highest BCUT2D eigenvalue weighted by molar-refractivity contribution is 6.03. The monoisotopic (exact) mass is 329 g/mol. The summed E-state index contributed by atoms with van der Waals surface area (Å²) >= 11 is 0. The second-order valence-corrected chi connectivity index (χ2v) is 5.34. The number of rotatable bonds is 4. The van der Waals surface area contributed by atoms with Crippen LogP contribution in [0.2, 0.25) is 0 Å². The summed E-state index contributed by atoms with van der Waals surface area (Å²) < 4.78 is 13.6. The van der Waals surface area contributed by atoms with Gasteiger partial charge < -0.3 is 15.1 Å². The van der Waals surface area contributed by atoms with Crippen LogP contribution in [-0.4, -0.2) is 53.6 Å². The lowest BCUT2D eigenvalue weighted by atomic mass is 10.2. The molecule has 1 aliphatic rings. The van der Waals surface area contributed by atoms with Gasteiger partial charge in [0.1, 0.15) is 5.82 Å². The largest absolute Gasteiger partial charge is 0.352 e. The predicted octanol–water partition coefficient (Wildman–Crippen LogP) is 1.15. The fourth-order valence-corrected chi connectivity index (χ4v) is 2.45. The van der Waals surface area contributed by atoms with E-state index in [2.05, 4.69) is 15.5 Å². The van der Waals surface area contributed by atoms with Crippen molar-refractivity contribution in [3.63, 3.8) is 0 Å². The number of hydrogen-bond donors (Lipinski definition) is 1. The van der Waals surface area contributed by atoms with Crippen LogP contribution in [0.1, 0.15) is 10.4 Å². The summed E-state index contributed by atoms with van der Waals surface area (Å²) in [5, 5.41) is 10.6. The van der Waals surface area contributed by atoms with Gasteiger partial charge in [0.25, 0.3) is 5.91 Å². The van der Waals surface area contributed by atoms with Crippen molar-refractivity contribution in [2.45, 2.75) is 0 Å². The number of nitrogens with zero attached hydrogens (tertiary/aromatic N) is 4. The molecule has 124 valence electrons. The van der Waals surface area contributed by atoms with Crippen molar-refractivity contribution in [2.75, 3.05) is 36.4 Å². The maximum absolute atomic E-state index is 13.6. The van der Waals surface area contributed by atoms with Gasteiger partial charge in [-0.05, 0) is 24.3 Å². The maximum atomic E-state index is 13.6. The molecule has 24 heavy (non-hydrogen) atoms. The maximum Gasteiger partial charge on any atom is 0.259 e. The number of hydrogen-bond acceptors (Lipinski definition) is 5. The number of benzene rings is 1. The van der Waals surface area contributed by atoms with Crippen molar-refractivity contribution >= 4 is 24.0 Å². The molecule has 7 nitrogen and oxygen atoms in total. The average molecular weight is 329 g/mol. The summed E-state index contributed by atoms with van der Waals surface area (Å²) in [5.74, 6) is -0.245. The predicted molar refractivity (Wildman–Crippen MR) is 86.2 cm³/mol. The lowest BCUT2D eigenvalue weighted by molar-refractivity contribution is -0.118. The first-order valence-corrected chi connectivity index (χ1v) is 7.51. The molecule has 0 aliphatic carbocycles. The summed E-state index contributed by atoms with van der Waals surface area (Å²) in [6.07, 6.45) is 0.838. The summed E-state index contributed by atoms with van der Waals surface area (Å²) in [4.78, 5) is 26.4. The number of anilines is 2. The summed E-state index contributed by atoms with van der Waals surface area (Å²) in [6, 6.07) is 9.09. The quantitative estimate of drug-likeness (QED) is 0.851. The van der Waals surface area contributed by atoms with E-state index in [1.807, 2.05) is 4.90 Å². The minimum Gasteiger partial charge on any atom is -0.352 e. The first kappa shape index (κ1) is 15.9. The van der Waals surface area contributed by atoms with Crippen LogP contribution < -0.4 is 10.2 Å². The molecule has 2 heterocycles. The SMILES string of the molecule is O=CN1CCN(c2ccc(NC(=O)c3ccccc3F)nn2)CC1. The van der Waals surface area contributed by atoms with Crippen LogP contribution >= 0.6 is 0 Å². The number of aromatic nitrogens is 2. The number of carbonyl (C=O) groups excluding carboxylic acids is 2. The Labute approximate surface area is 138 Å². The minimum absolute atomic E-state index is 0.0478. The van der Waals surface area contributed by atoms with Gasteiger partial charge in [0.2, 0.25) is 6.41 Å².